The molecule has 0 spiro atoms. The zero-order valence-corrected chi connectivity index (χ0v) is 9.73. The van der Waals surface area contributed by atoms with Gasteiger partial charge in [-0.3, -0.25) is 9.48 Å². The van der Waals surface area contributed by atoms with Gasteiger partial charge in [0.1, 0.15) is 0 Å². The van der Waals surface area contributed by atoms with Gasteiger partial charge in [0.05, 0.1) is 17.3 Å². The molecule has 0 aromatic carbocycles. The van der Waals surface area contributed by atoms with Gasteiger partial charge in [-0.25, -0.2) is 0 Å². The van der Waals surface area contributed by atoms with Gasteiger partial charge in [-0.1, -0.05) is 0 Å². The summed E-state index contributed by atoms with van der Waals surface area (Å²) in [4.78, 5) is 11.3. The monoisotopic (exact) mass is 222 g/mol. The summed E-state index contributed by atoms with van der Waals surface area (Å²) in [5.74, 6) is -0.406. The number of amides is 1. The summed E-state index contributed by atoms with van der Waals surface area (Å²) in [6, 6.07) is 2.23. The number of carbonyl (C=O) groups is 1. The molecular formula is C11H18N4O. The van der Waals surface area contributed by atoms with E-state index >= 15 is 0 Å². The number of hydrogen-bond donors (Lipinski definition) is 2. The topological polar surface area (TPSA) is 86.9 Å². The average molecular weight is 222 g/mol. The van der Waals surface area contributed by atoms with Crippen LogP contribution in [0.2, 0.25) is 0 Å². The van der Waals surface area contributed by atoms with Gasteiger partial charge in [-0.05, 0) is 39.2 Å². The Labute approximate surface area is 94.8 Å². The van der Waals surface area contributed by atoms with E-state index in [1.165, 1.54) is 0 Å². The SMILES string of the molecule is Cc1cc(C)n(C2CCC(N)(C(N)=O)C2)n1. The van der Waals surface area contributed by atoms with Crippen molar-refractivity contribution in [2.75, 3.05) is 0 Å². The summed E-state index contributed by atoms with van der Waals surface area (Å²) in [6.07, 6.45) is 2.09. The van der Waals surface area contributed by atoms with Crippen molar-refractivity contribution in [3.63, 3.8) is 0 Å². The first kappa shape index (κ1) is 11.1. The molecule has 1 heterocycles. The van der Waals surface area contributed by atoms with Crippen molar-refractivity contribution in [1.82, 2.24) is 9.78 Å². The minimum atomic E-state index is -0.850. The summed E-state index contributed by atoms with van der Waals surface area (Å²) in [5, 5.41) is 4.43. The molecule has 2 unspecified atom stereocenters. The van der Waals surface area contributed by atoms with Crippen LogP contribution >= 0.6 is 0 Å². The van der Waals surface area contributed by atoms with Gasteiger partial charge < -0.3 is 11.5 Å². The number of rotatable bonds is 2. The lowest BCUT2D eigenvalue weighted by Gasteiger charge is -2.20. The van der Waals surface area contributed by atoms with E-state index in [1.54, 1.807) is 0 Å². The fourth-order valence-corrected chi connectivity index (χ4v) is 2.50. The first-order chi connectivity index (χ1) is 7.42. The number of aromatic nitrogens is 2. The normalized spacial score (nSPS) is 29.6. The summed E-state index contributed by atoms with van der Waals surface area (Å²) in [5.41, 5.74) is 12.5. The molecule has 0 bridgehead atoms. The number of aryl methyl sites for hydroxylation is 2. The van der Waals surface area contributed by atoms with Crippen LogP contribution in [0.4, 0.5) is 0 Å². The Bertz CT molecular complexity index is 426. The lowest BCUT2D eigenvalue weighted by Crippen LogP contribution is -2.49. The molecule has 0 saturated heterocycles. The van der Waals surface area contributed by atoms with E-state index in [0.717, 1.165) is 17.8 Å². The molecule has 5 heteroatoms. The van der Waals surface area contributed by atoms with Crippen LogP contribution in [-0.2, 0) is 4.79 Å². The van der Waals surface area contributed by atoms with Crippen LogP contribution in [0, 0.1) is 13.8 Å². The largest absolute Gasteiger partial charge is 0.368 e. The maximum Gasteiger partial charge on any atom is 0.237 e. The molecule has 1 aromatic heterocycles. The second-order valence-electron chi connectivity index (χ2n) is 4.79. The Hall–Kier alpha value is -1.36. The van der Waals surface area contributed by atoms with E-state index in [0.29, 0.717) is 12.8 Å². The molecule has 1 fully saturated rings. The van der Waals surface area contributed by atoms with E-state index in [9.17, 15) is 4.79 Å². The van der Waals surface area contributed by atoms with Crippen molar-refractivity contribution in [3.8, 4) is 0 Å². The summed E-state index contributed by atoms with van der Waals surface area (Å²) in [6.45, 7) is 3.98. The predicted octanol–water partition coefficient (Wildman–Crippen LogP) is 0.408. The van der Waals surface area contributed by atoms with Crippen LogP contribution in [0.3, 0.4) is 0 Å². The van der Waals surface area contributed by atoms with Gasteiger partial charge in [0.2, 0.25) is 5.91 Å². The Balaban J connectivity index is 2.21. The van der Waals surface area contributed by atoms with Crippen molar-refractivity contribution < 1.29 is 4.79 Å². The van der Waals surface area contributed by atoms with Crippen molar-refractivity contribution in [3.05, 3.63) is 17.5 Å². The number of carbonyl (C=O) groups excluding carboxylic acids is 1. The van der Waals surface area contributed by atoms with Crippen molar-refractivity contribution in [2.24, 2.45) is 11.5 Å². The number of hydrogen-bond acceptors (Lipinski definition) is 3. The summed E-state index contributed by atoms with van der Waals surface area (Å²) < 4.78 is 1.97. The highest BCUT2D eigenvalue weighted by molar-refractivity contribution is 5.84. The predicted molar refractivity (Wildman–Crippen MR) is 60.7 cm³/mol. The van der Waals surface area contributed by atoms with Gasteiger partial charge in [0.25, 0.3) is 0 Å². The quantitative estimate of drug-likeness (QED) is 0.759. The first-order valence-electron chi connectivity index (χ1n) is 5.54. The number of primary amides is 1. The number of nitrogens with two attached hydrogens (primary N) is 2. The third-order valence-electron chi connectivity index (χ3n) is 3.40. The third-order valence-corrected chi connectivity index (χ3v) is 3.40. The minimum Gasteiger partial charge on any atom is -0.368 e. The van der Waals surface area contributed by atoms with Gasteiger partial charge in [-0.2, -0.15) is 5.10 Å². The van der Waals surface area contributed by atoms with Gasteiger partial charge in [0, 0.05) is 5.69 Å². The molecule has 4 N–H and O–H groups in total. The lowest BCUT2D eigenvalue weighted by atomic mass is 9.98. The highest BCUT2D eigenvalue weighted by atomic mass is 16.1. The Morgan fingerprint density at radius 2 is 2.31 bits per heavy atom. The van der Waals surface area contributed by atoms with E-state index < -0.39 is 11.4 Å². The minimum absolute atomic E-state index is 0.200. The van der Waals surface area contributed by atoms with Crippen LogP contribution in [0.5, 0.6) is 0 Å². The van der Waals surface area contributed by atoms with E-state index in [-0.39, 0.29) is 6.04 Å². The van der Waals surface area contributed by atoms with E-state index in [2.05, 4.69) is 5.10 Å². The zero-order chi connectivity index (χ0) is 11.9. The molecule has 16 heavy (non-hydrogen) atoms. The van der Waals surface area contributed by atoms with Crippen molar-refractivity contribution in [1.29, 1.82) is 0 Å². The molecule has 0 radical (unpaired) electrons. The lowest BCUT2D eigenvalue weighted by molar-refractivity contribution is -0.123. The van der Waals surface area contributed by atoms with E-state index in [1.807, 2.05) is 24.6 Å². The molecule has 1 aromatic rings. The van der Waals surface area contributed by atoms with Gasteiger partial charge in [-0.15, -0.1) is 0 Å². The molecule has 1 saturated carbocycles. The molecule has 2 atom stereocenters. The maximum atomic E-state index is 11.3. The van der Waals surface area contributed by atoms with Crippen LogP contribution in [0.1, 0.15) is 36.7 Å². The highest BCUT2D eigenvalue weighted by Crippen LogP contribution is 2.36. The first-order valence-corrected chi connectivity index (χ1v) is 5.54. The fraction of sp³-hybridized carbons (Fsp3) is 0.636. The molecule has 1 aliphatic carbocycles. The molecule has 88 valence electrons. The Morgan fingerprint density at radius 3 is 2.75 bits per heavy atom. The fourth-order valence-electron chi connectivity index (χ4n) is 2.50. The van der Waals surface area contributed by atoms with Gasteiger partial charge >= 0.3 is 0 Å². The smallest absolute Gasteiger partial charge is 0.237 e. The molecule has 1 aliphatic rings. The molecule has 0 aliphatic heterocycles. The Kier molecular flexibility index (Phi) is 2.50. The molecule has 1 amide bonds. The second kappa shape index (κ2) is 3.59. The highest BCUT2D eigenvalue weighted by Gasteiger charge is 2.41. The van der Waals surface area contributed by atoms with E-state index in [4.69, 9.17) is 11.5 Å². The Morgan fingerprint density at radius 1 is 1.62 bits per heavy atom. The summed E-state index contributed by atoms with van der Waals surface area (Å²) >= 11 is 0. The van der Waals surface area contributed by atoms with Gasteiger partial charge in [0.15, 0.2) is 0 Å². The van der Waals surface area contributed by atoms with Crippen LogP contribution < -0.4 is 11.5 Å². The molecule has 2 rings (SSSR count). The third kappa shape index (κ3) is 1.71. The summed E-state index contributed by atoms with van der Waals surface area (Å²) in [7, 11) is 0. The number of nitrogens with zero attached hydrogens (tertiary/aromatic N) is 2. The molecule has 5 nitrogen and oxygen atoms in total. The standard InChI is InChI=1S/C11H18N4O/c1-7-5-8(2)15(14-7)9-3-4-11(13,6-9)10(12)16/h5,9H,3-4,6,13H2,1-2H3,(H2,12,16). The van der Waals surface area contributed by atoms with Crippen LogP contribution in [0.25, 0.3) is 0 Å². The van der Waals surface area contributed by atoms with Crippen molar-refractivity contribution >= 4 is 5.91 Å². The second-order valence-corrected chi connectivity index (χ2v) is 4.79. The van der Waals surface area contributed by atoms with Crippen LogP contribution in [-0.4, -0.2) is 21.2 Å². The molecular weight excluding hydrogens is 204 g/mol. The zero-order valence-electron chi connectivity index (χ0n) is 9.73. The van der Waals surface area contributed by atoms with Crippen molar-refractivity contribution in [2.45, 2.75) is 44.7 Å². The maximum absolute atomic E-state index is 11.3. The van der Waals surface area contributed by atoms with Crippen LogP contribution in [0.15, 0.2) is 6.07 Å². The average Bonchev–Trinajstić information content (AvgIpc) is 2.71.